The van der Waals surface area contributed by atoms with Crippen LogP contribution in [0.1, 0.15) is 35.4 Å². The van der Waals surface area contributed by atoms with Crippen LogP contribution in [-0.2, 0) is 13.0 Å². The van der Waals surface area contributed by atoms with E-state index in [9.17, 15) is 4.79 Å². The highest BCUT2D eigenvalue weighted by molar-refractivity contribution is 9.11. The number of imidazole rings is 1. The van der Waals surface area contributed by atoms with E-state index in [0.717, 1.165) is 47.0 Å². The molecule has 0 bridgehead atoms. The van der Waals surface area contributed by atoms with Gasteiger partial charge in [0.1, 0.15) is 5.82 Å². The quantitative estimate of drug-likeness (QED) is 0.414. The number of nitrogens with zero attached hydrogens (tertiary/aromatic N) is 2. The van der Waals surface area contributed by atoms with E-state index in [1.165, 1.54) is 0 Å². The Balaban J connectivity index is 1.47. The zero-order valence-electron chi connectivity index (χ0n) is 15.6. The molecule has 1 aromatic heterocycles. The monoisotopic (exact) mass is 459 g/mol. The summed E-state index contributed by atoms with van der Waals surface area (Å²) in [6.07, 6.45) is 3.89. The minimum absolute atomic E-state index is 0.0608. The summed E-state index contributed by atoms with van der Waals surface area (Å²) in [6, 6.07) is 15.1. The van der Waals surface area contributed by atoms with E-state index >= 15 is 0 Å². The summed E-state index contributed by atoms with van der Waals surface area (Å²) in [7, 11) is 0. The molecule has 0 unspecified atom stereocenters. The van der Waals surface area contributed by atoms with Crippen LogP contribution in [-0.4, -0.2) is 22.0 Å². The molecule has 1 amide bonds. The van der Waals surface area contributed by atoms with Crippen molar-refractivity contribution in [2.24, 2.45) is 0 Å². The number of aryl methyl sites for hydroxylation is 1. The van der Waals surface area contributed by atoms with E-state index in [1.807, 2.05) is 18.2 Å². The van der Waals surface area contributed by atoms with Gasteiger partial charge in [0, 0.05) is 28.0 Å². The first-order valence-electron chi connectivity index (χ1n) is 9.36. The van der Waals surface area contributed by atoms with Crippen molar-refractivity contribution in [3.8, 4) is 0 Å². The van der Waals surface area contributed by atoms with Crippen LogP contribution in [0.25, 0.3) is 11.0 Å². The second-order valence-corrected chi connectivity index (χ2v) is 8.25. The summed E-state index contributed by atoms with van der Waals surface area (Å²) in [5, 5.41) is 3.59. The molecule has 0 spiro atoms. The third-order valence-electron chi connectivity index (χ3n) is 4.53. The molecule has 0 saturated carbocycles. The highest BCUT2D eigenvalue weighted by atomic mass is 79.9. The van der Waals surface area contributed by atoms with Crippen LogP contribution in [0.5, 0.6) is 0 Å². The van der Waals surface area contributed by atoms with Crippen molar-refractivity contribution in [3.05, 3.63) is 76.0 Å². The second-order valence-electron chi connectivity index (χ2n) is 6.69. The lowest BCUT2D eigenvalue weighted by Gasteiger charge is -2.09. The molecule has 0 aliphatic carbocycles. The number of carbonyl (C=O) groups is 1. The number of halogens is 2. The van der Waals surface area contributed by atoms with E-state index in [1.54, 1.807) is 24.3 Å². The van der Waals surface area contributed by atoms with Crippen molar-refractivity contribution in [2.45, 2.75) is 32.2 Å². The molecule has 3 aromatic rings. The van der Waals surface area contributed by atoms with Gasteiger partial charge in [0.15, 0.2) is 0 Å². The van der Waals surface area contributed by atoms with E-state index in [4.69, 9.17) is 16.6 Å². The minimum Gasteiger partial charge on any atom is -0.352 e. The molecule has 0 aliphatic rings. The molecule has 2 aromatic carbocycles. The predicted molar refractivity (Wildman–Crippen MR) is 119 cm³/mol. The van der Waals surface area contributed by atoms with Crippen LogP contribution in [0.3, 0.4) is 0 Å². The maximum absolute atomic E-state index is 12.1. The van der Waals surface area contributed by atoms with E-state index in [-0.39, 0.29) is 5.91 Å². The lowest BCUT2D eigenvalue weighted by atomic mass is 10.1. The normalized spacial score (nSPS) is 10.9. The lowest BCUT2D eigenvalue weighted by molar-refractivity contribution is 0.0953. The Morgan fingerprint density at radius 1 is 1.11 bits per heavy atom. The number of para-hydroxylation sites is 2. The molecule has 3 rings (SSSR count). The Bertz CT molecular complexity index is 966. The number of amides is 1. The number of benzene rings is 2. The van der Waals surface area contributed by atoms with Crippen LogP contribution in [0.2, 0.25) is 5.02 Å². The summed E-state index contributed by atoms with van der Waals surface area (Å²) < 4.78 is 3.15. The third-order valence-corrected chi connectivity index (χ3v) is 5.04. The van der Waals surface area contributed by atoms with Crippen molar-refractivity contribution in [1.82, 2.24) is 14.9 Å². The molecular formula is C22H23BrClN3O. The summed E-state index contributed by atoms with van der Waals surface area (Å²) >= 11 is 9.31. The number of rotatable bonds is 9. The molecule has 0 fully saturated rings. The molecule has 0 saturated heterocycles. The van der Waals surface area contributed by atoms with Crippen LogP contribution < -0.4 is 5.32 Å². The largest absolute Gasteiger partial charge is 0.352 e. The average molecular weight is 461 g/mol. The van der Waals surface area contributed by atoms with Gasteiger partial charge >= 0.3 is 0 Å². The van der Waals surface area contributed by atoms with Crippen LogP contribution >= 0.6 is 27.5 Å². The number of hydrogen-bond donors (Lipinski definition) is 1. The van der Waals surface area contributed by atoms with Gasteiger partial charge in [0.25, 0.3) is 5.91 Å². The molecule has 28 heavy (non-hydrogen) atoms. The van der Waals surface area contributed by atoms with Crippen molar-refractivity contribution >= 4 is 44.5 Å². The molecular weight excluding hydrogens is 438 g/mol. The van der Waals surface area contributed by atoms with Gasteiger partial charge in [-0.1, -0.05) is 52.7 Å². The minimum atomic E-state index is -0.0608. The van der Waals surface area contributed by atoms with Crippen molar-refractivity contribution in [3.63, 3.8) is 0 Å². The smallest absolute Gasteiger partial charge is 0.251 e. The van der Waals surface area contributed by atoms with Crippen molar-refractivity contribution < 1.29 is 4.79 Å². The molecule has 0 radical (unpaired) electrons. The molecule has 146 valence electrons. The number of nitrogens with one attached hydrogen (secondary N) is 1. The zero-order valence-corrected chi connectivity index (χ0v) is 18.0. The van der Waals surface area contributed by atoms with Gasteiger partial charge < -0.3 is 9.88 Å². The van der Waals surface area contributed by atoms with Gasteiger partial charge in [-0.15, -0.1) is 0 Å². The van der Waals surface area contributed by atoms with E-state index in [0.29, 0.717) is 23.7 Å². The SMILES string of the molecule is C=C(Br)Cn1c(CCCCCNC(=O)c2ccc(Cl)cc2)nc2ccccc21. The predicted octanol–water partition coefficient (Wildman–Crippen LogP) is 5.74. The molecule has 1 heterocycles. The average Bonchev–Trinajstić information content (AvgIpc) is 3.02. The Morgan fingerprint density at radius 3 is 2.61 bits per heavy atom. The van der Waals surface area contributed by atoms with Gasteiger partial charge in [0.05, 0.1) is 17.6 Å². The number of aromatic nitrogens is 2. The number of fused-ring (bicyclic) bond motifs is 1. The number of allylic oxidation sites excluding steroid dienone is 1. The van der Waals surface area contributed by atoms with E-state index < -0.39 is 0 Å². The van der Waals surface area contributed by atoms with Crippen LogP contribution in [0.4, 0.5) is 0 Å². The van der Waals surface area contributed by atoms with Gasteiger partial charge in [-0.25, -0.2) is 4.98 Å². The highest BCUT2D eigenvalue weighted by Crippen LogP contribution is 2.20. The lowest BCUT2D eigenvalue weighted by Crippen LogP contribution is -2.24. The fourth-order valence-electron chi connectivity index (χ4n) is 3.15. The maximum Gasteiger partial charge on any atom is 0.251 e. The Kier molecular flexibility index (Phi) is 7.29. The Labute approximate surface area is 178 Å². The van der Waals surface area contributed by atoms with Gasteiger partial charge in [0.2, 0.25) is 0 Å². The first-order valence-corrected chi connectivity index (χ1v) is 10.5. The molecule has 1 N–H and O–H groups in total. The van der Waals surface area contributed by atoms with Gasteiger partial charge in [-0.2, -0.15) is 0 Å². The molecule has 6 heteroatoms. The Morgan fingerprint density at radius 2 is 1.86 bits per heavy atom. The fraction of sp³-hybridized carbons (Fsp3) is 0.273. The fourth-order valence-corrected chi connectivity index (χ4v) is 3.53. The van der Waals surface area contributed by atoms with Gasteiger partial charge in [-0.05, 0) is 49.2 Å². The molecule has 0 aliphatic heterocycles. The topological polar surface area (TPSA) is 46.9 Å². The highest BCUT2D eigenvalue weighted by Gasteiger charge is 2.10. The number of hydrogen-bond acceptors (Lipinski definition) is 2. The number of unbranched alkanes of at least 4 members (excludes halogenated alkanes) is 2. The number of carbonyl (C=O) groups excluding carboxylic acids is 1. The van der Waals surface area contributed by atoms with Gasteiger partial charge in [-0.3, -0.25) is 4.79 Å². The van der Waals surface area contributed by atoms with Crippen LogP contribution in [0, 0.1) is 0 Å². The zero-order chi connectivity index (χ0) is 19.9. The first-order chi connectivity index (χ1) is 13.5. The summed E-state index contributed by atoms with van der Waals surface area (Å²) in [6.45, 7) is 5.34. The maximum atomic E-state index is 12.1. The van der Waals surface area contributed by atoms with Crippen LogP contribution in [0.15, 0.2) is 59.6 Å². The second kappa shape index (κ2) is 9.89. The van der Waals surface area contributed by atoms with Crippen molar-refractivity contribution in [1.29, 1.82) is 0 Å². The van der Waals surface area contributed by atoms with Crippen molar-refractivity contribution in [2.75, 3.05) is 6.54 Å². The third kappa shape index (κ3) is 5.46. The summed E-state index contributed by atoms with van der Waals surface area (Å²) in [5.74, 6) is 1.02. The summed E-state index contributed by atoms with van der Waals surface area (Å²) in [4.78, 5) is 16.9. The first kappa shape index (κ1) is 20.6. The van der Waals surface area contributed by atoms with E-state index in [2.05, 4.69) is 38.5 Å². The standard InChI is InChI=1S/C22H23BrClN3O/c1-16(23)15-27-20-8-5-4-7-19(20)26-21(27)9-3-2-6-14-25-22(28)17-10-12-18(24)13-11-17/h4-5,7-8,10-13H,1-3,6,9,14-15H2,(H,25,28). The summed E-state index contributed by atoms with van der Waals surface area (Å²) in [5.41, 5.74) is 2.78. The molecule has 4 nitrogen and oxygen atoms in total. The Hall–Kier alpha value is -2.11. The molecule has 0 atom stereocenters.